The van der Waals surface area contributed by atoms with Crippen molar-refractivity contribution < 1.29 is 4.79 Å². The number of nitrogens with zero attached hydrogens (tertiary/aromatic N) is 3. The second-order valence-corrected chi connectivity index (χ2v) is 5.00. The molecule has 3 aromatic rings. The summed E-state index contributed by atoms with van der Waals surface area (Å²) in [6, 6.07) is 11.6. The lowest BCUT2D eigenvalue weighted by molar-refractivity contribution is 0.0989. The number of hydrogen-bond acceptors (Lipinski definition) is 3. The Labute approximate surface area is 123 Å². The van der Waals surface area contributed by atoms with E-state index >= 15 is 0 Å². The Morgan fingerprint density at radius 2 is 2.00 bits per heavy atom. The van der Waals surface area contributed by atoms with Crippen molar-refractivity contribution in [2.24, 2.45) is 0 Å². The van der Waals surface area contributed by atoms with E-state index in [9.17, 15) is 4.79 Å². The number of Topliss-reactive ketones (excluding diaryl/α,β-unsaturated/α-hetero) is 1. The van der Waals surface area contributed by atoms with Gasteiger partial charge >= 0.3 is 0 Å². The minimum Gasteiger partial charge on any atom is -0.328 e. The number of aryl methyl sites for hydroxylation is 2. The van der Waals surface area contributed by atoms with Crippen molar-refractivity contribution in [2.45, 2.75) is 26.8 Å². The largest absolute Gasteiger partial charge is 0.328 e. The lowest BCUT2D eigenvalue weighted by Crippen LogP contribution is -2.11. The number of hydrogen-bond donors (Lipinski definition) is 0. The van der Waals surface area contributed by atoms with Crippen LogP contribution in [0.5, 0.6) is 0 Å². The summed E-state index contributed by atoms with van der Waals surface area (Å²) < 4.78 is 2.10. The first-order valence-corrected chi connectivity index (χ1v) is 7.09. The molecular weight excluding hydrogens is 262 g/mol. The van der Waals surface area contributed by atoms with Crippen molar-refractivity contribution in [1.29, 1.82) is 0 Å². The van der Waals surface area contributed by atoms with E-state index in [0.29, 0.717) is 12.0 Å². The van der Waals surface area contributed by atoms with Gasteiger partial charge in [-0.25, -0.2) is 4.98 Å². The third-order valence-corrected chi connectivity index (χ3v) is 3.68. The van der Waals surface area contributed by atoms with E-state index in [2.05, 4.69) is 21.5 Å². The molecule has 0 spiro atoms. The zero-order valence-electron chi connectivity index (χ0n) is 12.2. The summed E-state index contributed by atoms with van der Waals surface area (Å²) in [5, 5.41) is 0. The van der Waals surface area contributed by atoms with E-state index in [1.54, 1.807) is 12.3 Å². The summed E-state index contributed by atoms with van der Waals surface area (Å²) in [7, 11) is 0. The zero-order chi connectivity index (χ0) is 14.8. The van der Waals surface area contributed by atoms with Crippen LogP contribution >= 0.6 is 0 Å². The summed E-state index contributed by atoms with van der Waals surface area (Å²) in [5.41, 5.74) is 3.45. The molecular formula is C17H17N3O. The van der Waals surface area contributed by atoms with E-state index in [-0.39, 0.29) is 5.78 Å². The minimum absolute atomic E-state index is 0.0607. The SMILES string of the molecule is CCn1c(CC(=O)c2cccnc2C)nc2ccccc21. The van der Waals surface area contributed by atoms with Crippen molar-refractivity contribution in [3.8, 4) is 0 Å². The molecule has 0 atom stereocenters. The first kappa shape index (κ1) is 13.5. The van der Waals surface area contributed by atoms with Crippen LogP contribution in [0, 0.1) is 6.92 Å². The number of rotatable bonds is 4. The molecule has 0 amide bonds. The van der Waals surface area contributed by atoms with Crippen LogP contribution in [0.25, 0.3) is 11.0 Å². The van der Waals surface area contributed by atoms with Gasteiger partial charge in [-0.05, 0) is 38.1 Å². The Morgan fingerprint density at radius 1 is 1.19 bits per heavy atom. The van der Waals surface area contributed by atoms with Crippen molar-refractivity contribution in [3.05, 3.63) is 59.7 Å². The highest BCUT2D eigenvalue weighted by molar-refractivity contribution is 5.98. The Kier molecular flexibility index (Phi) is 3.52. The number of para-hydroxylation sites is 2. The van der Waals surface area contributed by atoms with Crippen LogP contribution < -0.4 is 0 Å². The predicted octanol–water partition coefficient (Wildman–Crippen LogP) is 3.19. The molecule has 4 nitrogen and oxygen atoms in total. The fourth-order valence-corrected chi connectivity index (χ4v) is 2.63. The maximum Gasteiger partial charge on any atom is 0.172 e. The normalized spacial score (nSPS) is 11.0. The summed E-state index contributed by atoms with van der Waals surface area (Å²) in [4.78, 5) is 21.3. The van der Waals surface area contributed by atoms with Gasteiger partial charge in [0.2, 0.25) is 0 Å². The van der Waals surface area contributed by atoms with E-state index in [4.69, 9.17) is 0 Å². The molecule has 21 heavy (non-hydrogen) atoms. The molecule has 2 aromatic heterocycles. The molecule has 4 heteroatoms. The number of carbonyl (C=O) groups is 1. The van der Waals surface area contributed by atoms with Crippen LogP contribution in [0.2, 0.25) is 0 Å². The number of fused-ring (bicyclic) bond motifs is 1. The molecule has 106 valence electrons. The fraction of sp³-hybridized carbons (Fsp3) is 0.235. The predicted molar refractivity (Wildman–Crippen MR) is 82.4 cm³/mol. The standard InChI is InChI=1S/C17H17N3O/c1-3-20-15-9-5-4-8-14(15)19-17(20)11-16(21)13-7-6-10-18-12(13)2/h4-10H,3,11H2,1-2H3. The third-order valence-electron chi connectivity index (χ3n) is 3.68. The molecule has 1 aromatic carbocycles. The number of aromatic nitrogens is 3. The summed E-state index contributed by atoms with van der Waals surface area (Å²) >= 11 is 0. The molecule has 2 heterocycles. The van der Waals surface area contributed by atoms with Gasteiger partial charge in [-0.3, -0.25) is 9.78 Å². The zero-order valence-corrected chi connectivity index (χ0v) is 12.2. The maximum absolute atomic E-state index is 12.5. The molecule has 0 saturated carbocycles. The summed E-state index contributed by atoms with van der Waals surface area (Å²) in [6.45, 7) is 4.72. The topological polar surface area (TPSA) is 47.8 Å². The van der Waals surface area contributed by atoms with Gasteiger partial charge in [-0.15, -0.1) is 0 Å². The Hall–Kier alpha value is -2.49. The summed E-state index contributed by atoms with van der Waals surface area (Å²) in [5.74, 6) is 0.873. The quantitative estimate of drug-likeness (QED) is 0.689. The van der Waals surface area contributed by atoms with Crippen LogP contribution in [0.4, 0.5) is 0 Å². The Morgan fingerprint density at radius 3 is 2.76 bits per heavy atom. The van der Waals surface area contributed by atoms with E-state index in [0.717, 1.165) is 29.1 Å². The number of imidazole rings is 1. The van der Waals surface area contributed by atoms with Gasteiger partial charge in [0.25, 0.3) is 0 Å². The van der Waals surface area contributed by atoms with E-state index in [1.165, 1.54) is 0 Å². The van der Waals surface area contributed by atoms with Gasteiger partial charge in [0, 0.05) is 24.0 Å². The van der Waals surface area contributed by atoms with Crippen molar-refractivity contribution >= 4 is 16.8 Å². The van der Waals surface area contributed by atoms with Crippen LogP contribution in [-0.2, 0) is 13.0 Å². The monoisotopic (exact) mass is 279 g/mol. The fourth-order valence-electron chi connectivity index (χ4n) is 2.63. The van der Waals surface area contributed by atoms with Crippen LogP contribution in [0.3, 0.4) is 0 Å². The number of ketones is 1. The second-order valence-electron chi connectivity index (χ2n) is 5.00. The third kappa shape index (κ3) is 2.44. The minimum atomic E-state index is 0.0607. The van der Waals surface area contributed by atoms with E-state index in [1.807, 2.05) is 37.3 Å². The van der Waals surface area contributed by atoms with Crippen molar-refractivity contribution in [2.75, 3.05) is 0 Å². The van der Waals surface area contributed by atoms with Gasteiger partial charge in [0.1, 0.15) is 5.82 Å². The first-order chi connectivity index (χ1) is 10.2. The van der Waals surface area contributed by atoms with Crippen LogP contribution in [-0.4, -0.2) is 20.3 Å². The average molecular weight is 279 g/mol. The number of carbonyl (C=O) groups excluding carboxylic acids is 1. The summed E-state index contributed by atoms with van der Waals surface area (Å²) in [6.07, 6.45) is 2.00. The molecule has 3 rings (SSSR count). The lowest BCUT2D eigenvalue weighted by Gasteiger charge is -2.06. The van der Waals surface area contributed by atoms with Gasteiger partial charge in [0.05, 0.1) is 17.5 Å². The number of pyridine rings is 1. The molecule has 0 saturated heterocycles. The molecule has 0 bridgehead atoms. The molecule has 0 unspecified atom stereocenters. The molecule has 0 aliphatic heterocycles. The number of benzene rings is 1. The van der Waals surface area contributed by atoms with Crippen molar-refractivity contribution in [1.82, 2.24) is 14.5 Å². The Balaban J connectivity index is 1.98. The van der Waals surface area contributed by atoms with Gasteiger partial charge < -0.3 is 4.57 Å². The molecule has 0 aliphatic rings. The molecule has 0 radical (unpaired) electrons. The average Bonchev–Trinajstić information content (AvgIpc) is 2.84. The first-order valence-electron chi connectivity index (χ1n) is 7.09. The molecule has 0 N–H and O–H groups in total. The highest BCUT2D eigenvalue weighted by Gasteiger charge is 2.15. The van der Waals surface area contributed by atoms with Gasteiger partial charge in [-0.1, -0.05) is 12.1 Å². The second kappa shape index (κ2) is 5.48. The highest BCUT2D eigenvalue weighted by Crippen LogP contribution is 2.18. The van der Waals surface area contributed by atoms with Crippen molar-refractivity contribution in [3.63, 3.8) is 0 Å². The lowest BCUT2D eigenvalue weighted by atomic mass is 10.1. The smallest absolute Gasteiger partial charge is 0.172 e. The molecule has 0 fully saturated rings. The van der Waals surface area contributed by atoms with Gasteiger partial charge in [-0.2, -0.15) is 0 Å². The highest BCUT2D eigenvalue weighted by atomic mass is 16.1. The van der Waals surface area contributed by atoms with E-state index < -0.39 is 0 Å². The van der Waals surface area contributed by atoms with Crippen LogP contribution in [0.1, 0.15) is 28.8 Å². The van der Waals surface area contributed by atoms with Crippen LogP contribution in [0.15, 0.2) is 42.6 Å². The van der Waals surface area contributed by atoms with Gasteiger partial charge in [0.15, 0.2) is 5.78 Å². The molecule has 0 aliphatic carbocycles. The Bertz CT molecular complexity index is 805. The maximum atomic E-state index is 12.5.